The number of morpholine rings is 2. The first kappa shape index (κ1) is 32.7. The Morgan fingerprint density at radius 3 is 1.44 bits per heavy atom. The Bertz CT molecular complexity index is 1170. The molecule has 10 nitrogen and oxygen atoms in total. The highest BCUT2D eigenvalue weighted by Crippen LogP contribution is 2.35. The maximum atomic E-state index is 13.3. The third-order valence-electron chi connectivity index (χ3n) is 8.54. The molecule has 2 heterocycles. The molecule has 0 spiro atoms. The van der Waals surface area contributed by atoms with Gasteiger partial charge in [-0.15, -0.1) is 0 Å². The molecule has 0 radical (unpaired) electrons. The number of aromatic hydroxyl groups is 2. The molecule has 0 bridgehead atoms. The van der Waals surface area contributed by atoms with Crippen LogP contribution in [0.15, 0.2) is 24.3 Å². The van der Waals surface area contributed by atoms with Gasteiger partial charge in [0.2, 0.25) is 0 Å². The summed E-state index contributed by atoms with van der Waals surface area (Å²) in [6, 6.07) is 7.35. The zero-order valence-corrected chi connectivity index (χ0v) is 25.9. The second-order valence-electron chi connectivity index (χ2n) is 11.9. The minimum atomic E-state index is -1.14. The van der Waals surface area contributed by atoms with Crippen molar-refractivity contribution in [1.82, 2.24) is 9.80 Å². The Kier molecular flexibility index (Phi) is 11.4. The van der Waals surface area contributed by atoms with Crippen LogP contribution in [0.5, 0.6) is 23.0 Å². The fourth-order valence-corrected chi connectivity index (χ4v) is 5.60. The summed E-state index contributed by atoms with van der Waals surface area (Å²) in [5.41, 5.74) is 2.10. The van der Waals surface area contributed by atoms with E-state index in [1.165, 1.54) is 14.2 Å². The van der Waals surface area contributed by atoms with Crippen molar-refractivity contribution in [1.29, 1.82) is 0 Å². The number of phenolic OH excluding ortho intramolecular Hbond substituents is 2. The molecule has 2 saturated heterocycles. The largest absolute Gasteiger partial charge is 0.504 e. The Morgan fingerprint density at radius 2 is 1.09 bits per heavy atom. The average Bonchev–Trinajstić information content (AvgIpc) is 3.02. The van der Waals surface area contributed by atoms with Gasteiger partial charge in [-0.3, -0.25) is 19.4 Å². The number of carbonyl (C=O) groups excluding carboxylic acids is 2. The number of nitrogens with zero attached hydrogens (tertiary/aromatic N) is 2. The van der Waals surface area contributed by atoms with Crippen molar-refractivity contribution < 1.29 is 38.7 Å². The van der Waals surface area contributed by atoms with E-state index in [4.69, 9.17) is 18.9 Å². The Morgan fingerprint density at radius 1 is 0.721 bits per heavy atom. The molecular weight excluding hydrogens is 552 g/mol. The van der Waals surface area contributed by atoms with Gasteiger partial charge in [-0.25, -0.2) is 0 Å². The van der Waals surface area contributed by atoms with Gasteiger partial charge in [-0.05, 0) is 49.9 Å². The zero-order valence-electron chi connectivity index (χ0n) is 25.9. The van der Waals surface area contributed by atoms with E-state index < -0.39 is 5.41 Å². The van der Waals surface area contributed by atoms with Crippen LogP contribution in [0.4, 0.5) is 0 Å². The van der Waals surface area contributed by atoms with Crippen molar-refractivity contribution in [2.45, 2.75) is 52.6 Å². The van der Waals surface area contributed by atoms with Crippen molar-refractivity contribution in [3.63, 3.8) is 0 Å². The lowest BCUT2D eigenvalue weighted by Gasteiger charge is -2.27. The number of methoxy groups -OCH3 is 2. The maximum absolute atomic E-state index is 13.3. The lowest BCUT2D eigenvalue weighted by molar-refractivity contribution is -0.138. The summed E-state index contributed by atoms with van der Waals surface area (Å²) < 4.78 is 21.7. The number of phenols is 2. The van der Waals surface area contributed by atoms with E-state index in [9.17, 15) is 19.8 Å². The number of Topliss-reactive ketones (excluding diaryl/α,β-unsaturated/α-hetero) is 2. The summed E-state index contributed by atoms with van der Waals surface area (Å²) >= 11 is 0. The van der Waals surface area contributed by atoms with Crippen LogP contribution in [0.1, 0.15) is 48.9 Å². The highest BCUT2D eigenvalue weighted by molar-refractivity contribution is 6.06. The first-order valence-corrected chi connectivity index (χ1v) is 15.1. The van der Waals surface area contributed by atoms with E-state index in [1.54, 1.807) is 26.0 Å². The minimum absolute atomic E-state index is 0.110. The standard InChI is InChI=1S/C33H46N2O8/c1-33(2,29(36)7-5-23-17-25(31(38)27(19-23)40-3)21-34-9-13-42-14-10-34)30(37)8-6-24-18-26(32(39)28(20-24)41-4)22-35-11-15-43-16-12-35/h17-20,38-39H,5-16,21-22H2,1-4H3. The highest BCUT2D eigenvalue weighted by atomic mass is 16.5. The molecule has 0 amide bonds. The second-order valence-corrected chi connectivity index (χ2v) is 11.9. The predicted molar refractivity (Wildman–Crippen MR) is 162 cm³/mol. The molecule has 0 aromatic heterocycles. The Labute approximate surface area is 254 Å². The molecule has 2 fully saturated rings. The van der Waals surface area contributed by atoms with Gasteiger partial charge in [0, 0.05) is 63.2 Å². The van der Waals surface area contributed by atoms with Crippen molar-refractivity contribution in [2.24, 2.45) is 5.41 Å². The number of hydrogen-bond donors (Lipinski definition) is 2. The second kappa shape index (κ2) is 15.0. The van der Waals surface area contributed by atoms with Crippen LogP contribution in [0, 0.1) is 5.41 Å². The SMILES string of the molecule is COc1cc(CCC(=O)C(C)(C)C(=O)CCc2cc(CN3CCOCC3)c(O)c(OC)c2)cc(CN2CCOCC2)c1O. The Hall–Kier alpha value is -3.18. The topological polar surface area (TPSA) is 118 Å². The molecular formula is C33H46N2O8. The molecule has 0 saturated carbocycles. The van der Waals surface area contributed by atoms with Gasteiger partial charge < -0.3 is 29.2 Å². The normalized spacial score (nSPS) is 16.7. The van der Waals surface area contributed by atoms with Crippen LogP contribution in [0.3, 0.4) is 0 Å². The quantitative estimate of drug-likeness (QED) is 0.313. The monoisotopic (exact) mass is 598 g/mol. The lowest BCUT2D eigenvalue weighted by Crippen LogP contribution is -2.35. The highest BCUT2D eigenvalue weighted by Gasteiger charge is 2.34. The summed E-state index contributed by atoms with van der Waals surface area (Å²) in [5.74, 6) is 0.713. The van der Waals surface area contributed by atoms with Gasteiger partial charge in [0.1, 0.15) is 11.6 Å². The van der Waals surface area contributed by atoms with Gasteiger partial charge in [0.05, 0.1) is 46.1 Å². The number of rotatable bonds is 14. The van der Waals surface area contributed by atoms with Crippen LogP contribution >= 0.6 is 0 Å². The Balaban J connectivity index is 1.37. The number of hydrogen-bond acceptors (Lipinski definition) is 10. The molecule has 2 aliphatic rings. The van der Waals surface area contributed by atoms with Crippen LogP contribution in [0.25, 0.3) is 0 Å². The number of ether oxygens (including phenoxy) is 4. The molecule has 2 aromatic carbocycles. The third kappa shape index (κ3) is 8.47. The summed E-state index contributed by atoms with van der Waals surface area (Å²) in [6.07, 6.45) is 1.26. The smallest absolute Gasteiger partial charge is 0.162 e. The van der Waals surface area contributed by atoms with E-state index in [0.717, 1.165) is 48.4 Å². The third-order valence-corrected chi connectivity index (χ3v) is 8.54. The number of ketones is 2. The first-order valence-electron chi connectivity index (χ1n) is 15.1. The summed E-state index contributed by atoms with van der Waals surface area (Å²) in [7, 11) is 3.03. The molecule has 43 heavy (non-hydrogen) atoms. The van der Waals surface area contributed by atoms with Gasteiger partial charge in [-0.1, -0.05) is 12.1 Å². The maximum Gasteiger partial charge on any atom is 0.162 e. The van der Waals surface area contributed by atoms with Crippen molar-refractivity contribution in [3.05, 3.63) is 46.5 Å². The van der Waals surface area contributed by atoms with Gasteiger partial charge in [0.15, 0.2) is 23.0 Å². The zero-order chi connectivity index (χ0) is 31.0. The van der Waals surface area contributed by atoms with Crippen LogP contribution in [0.2, 0.25) is 0 Å². The van der Waals surface area contributed by atoms with E-state index in [2.05, 4.69) is 9.80 Å². The molecule has 10 heteroatoms. The van der Waals surface area contributed by atoms with E-state index in [1.807, 2.05) is 12.1 Å². The molecule has 4 rings (SSSR count). The number of carbonyl (C=O) groups is 2. The summed E-state index contributed by atoms with van der Waals surface area (Å²) in [4.78, 5) is 31.1. The van der Waals surface area contributed by atoms with E-state index >= 15 is 0 Å². The van der Waals surface area contributed by atoms with Crippen LogP contribution < -0.4 is 9.47 Å². The van der Waals surface area contributed by atoms with Crippen molar-refractivity contribution >= 4 is 11.6 Å². The van der Waals surface area contributed by atoms with Crippen molar-refractivity contribution in [3.8, 4) is 23.0 Å². The van der Waals surface area contributed by atoms with Crippen molar-refractivity contribution in [2.75, 3.05) is 66.8 Å². The molecule has 2 N–H and O–H groups in total. The van der Waals surface area contributed by atoms with E-state index in [-0.39, 0.29) is 35.9 Å². The molecule has 0 unspecified atom stereocenters. The molecule has 2 aliphatic heterocycles. The number of aryl methyl sites for hydroxylation is 2. The summed E-state index contributed by atoms with van der Waals surface area (Å²) in [6.45, 7) is 10.3. The van der Waals surface area contributed by atoms with Gasteiger partial charge in [0.25, 0.3) is 0 Å². The van der Waals surface area contributed by atoms with Crippen LogP contribution in [-0.2, 0) is 45.0 Å². The minimum Gasteiger partial charge on any atom is -0.504 e. The predicted octanol–water partition coefficient (Wildman–Crippen LogP) is 3.51. The first-order chi connectivity index (χ1) is 20.6. The number of benzene rings is 2. The molecule has 0 aliphatic carbocycles. The van der Waals surface area contributed by atoms with Crippen LogP contribution in [-0.4, -0.2) is 98.4 Å². The lowest BCUT2D eigenvalue weighted by atomic mass is 9.79. The fourth-order valence-electron chi connectivity index (χ4n) is 5.60. The molecule has 2 aromatic rings. The molecule has 0 atom stereocenters. The fraction of sp³-hybridized carbons (Fsp3) is 0.576. The van der Waals surface area contributed by atoms with Gasteiger partial charge >= 0.3 is 0 Å². The van der Waals surface area contributed by atoms with E-state index in [0.29, 0.717) is 63.9 Å². The van der Waals surface area contributed by atoms with Gasteiger partial charge in [-0.2, -0.15) is 0 Å². The average molecular weight is 599 g/mol. The molecule has 236 valence electrons. The summed E-state index contributed by atoms with van der Waals surface area (Å²) in [5, 5.41) is 21.4.